The normalized spacial score (nSPS) is 13.7. The predicted molar refractivity (Wildman–Crippen MR) is 115 cm³/mol. The van der Waals surface area contributed by atoms with Crippen molar-refractivity contribution in [2.45, 2.75) is 20.3 Å². The summed E-state index contributed by atoms with van der Waals surface area (Å²) in [5.41, 5.74) is 2.35. The average molecular weight is 432 g/mol. The fourth-order valence-corrected chi connectivity index (χ4v) is 3.69. The molecule has 0 radical (unpaired) electrons. The van der Waals surface area contributed by atoms with Gasteiger partial charge < -0.3 is 19.9 Å². The summed E-state index contributed by atoms with van der Waals surface area (Å²) in [6, 6.07) is 7.28. The Kier molecular flexibility index (Phi) is 7.23. The lowest BCUT2D eigenvalue weighted by atomic mass is 10.2. The van der Waals surface area contributed by atoms with E-state index in [4.69, 9.17) is 4.74 Å². The molecule has 1 aromatic heterocycles. The van der Waals surface area contributed by atoms with E-state index in [9.17, 15) is 14.4 Å². The van der Waals surface area contributed by atoms with E-state index in [2.05, 4.69) is 15.6 Å². The molecule has 0 saturated carbocycles. The fourth-order valence-electron chi connectivity index (χ4n) is 3.00. The van der Waals surface area contributed by atoms with E-state index in [0.717, 1.165) is 11.3 Å². The van der Waals surface area contributed by atoms with Gasteiger partial charge in [-0.2, -0.15) is 0 Å². The number of thiazole rings is 1. The number of hydrogen-bond donors (Lipinski definition) is 2. The van der Waals surface area contributed by atoms with Gasteiger partial charge in [0.2, 0.25) is 5.91 Å². The monoisotopic (exact) mass is 431 g/mol. The summed E-state index contributed by atoms with van der Waals surface area (Å²) in [7, 11) is 0. The first-order valence-electron chi connectivity index (χ1n) is 9.73. The lowest BCUT2D eigenvalue weighted by molar-refractivity contribution is -0.115. The Morgan fingerprint density at radius 1 is 1.10 bits per heavy atom. The SMILES string of the molecule is CCOC(=O)N1CCN(C(=O)Nc2nc(CC(=O)Nc3ccccc3C)cs2)CC1. The van der Waals surface area contributed by atoms with E-state index in [1.54, 1.807) is 22.1 Å². The minimum atomic E-state index is -0.355. The number of carbonyl (C=O) groups is 3. The topological polar surface area (TPSA) is 104 Å². The molecule has 9 nitrogen and oxygen atoms in total. The maximum atomic E-state index is 12.4. The van der Waals surface area contributed by atoms with Crippen molar-refractivity contribution in [3.63, 3.8) is 0 Å². The highest BCUT2D eigenvalue weighted by molar-refractivity contribution is 7.13. The number of carbonyl (C=O) groups excluding carboxylic acids is 3. The van der Waals surface area contributed by atoms with Crippen molar-refractivity contribution in [3.8, 4) is 0 Å². The maximum absolute atomic E-state index is 12.4. The number of rotatable bonds is 5. The van der Waals surface area contributed by atoms with Crippen LogP contribution in [0.15, 0.2) is 29.6 Å². The molecule has 4 amide bonds. The van der Waals surface area contributed by atoms with E-state index in [-0.39, 0.29) is 24.5 Å². The lowest BCUT2D eigenvalue weighted by Crippen LogP contribution is -2.51. The average Bonchev–Trinajstić information content (AvgIpc) is 3.16. The van der Waals surface area contributed by atoms with Gasteiger partial charge in [-0.15, -0.1) is 11.3 Å². The summed E-state index contributed by atoms with van der Waals surface area (Å²) >= 11 is 1.27. The quantitative estimate of drug-likeness (QED) is 0.758. The van der Waals surface area contributed by atoms with Crippen LogP contribution in [0.4, 0.5) is 20.4 Å². The van der Waals surface area contributed by atoms with Crippen molar-refractivity contribution in [1.82, 2.24) is 14.8 Å². The highest BCUT2D eigenvalue weighted by Gasteiger charge is 2.25. The number of nitrogens with one attached hydrogen (secondary N) is 2. The van der Waals surface area contributed by atoms with E-state index >= 15 is 0 Å². The van der Waals surface area contributed by atoms with E-state index < -0.39 is 0 Å². The smallest absolute Gasteiger partial charge is 0.409 e. The Balaban J connectivity index is 1.47. The maximum Gasteiger partial charge on any atom is 0.409 e. The number of piperazine rings is 1. The minimum Gasteiger partial charge on any atom is -0.450 e. The number of urea groups is 1. The van der Waals surface area contributed by atoms with E-state index in [1.807, 2.05) is 31.2 Å². The molecule has 10 heteroatoms. The van der Waals surface area contributed by atoms with Gasteiger partial charge in [-0.05, 0) is 25.5 Å². The number of anilines is 2. The molecule has 1 aliphatic rings. The van der Waals surface area contributed by atoms with Crippen LogP contribution in [-0.2, 0) is 16.0 Å². The van der Waals surface area contributed by atoms with Gasteiger partial charge >= 0.3 is 12.1 Å². The largest absolute Gasteiger partial charge is 0.450 e. The number of benzene rings is 1. The molecular formula is C20H25N5O4S. The second kappa shape index (κ2) is 10.1. The summed E-state index contributed by atoms with van der Waals surface area (Å²) in [6.07, 6.45) is -0.232. The highest BCUT2D eigenvalue weighted by atomic mass is 32.1. The highest BCUT2D eigenvalue weighted by Crippen LogP contribution is 2.18. The van der Waals surface area contributed by atoms with Crippen molar-refractivity contribution in [3.05, 3.63) is 40.9 Å². The molecule has 0 unspecified atom stereocenters. The Morgan fingerprint density at radius 3 is 2.50 bits per heavy atom. The van der Waals surface area contributed by atoms with Gasteiger partial charge in [0.15, 0.2) is 5.13 Å². The third-order valence-electron chi connectivity index (χ3n) is 4.62. The zero-order valence-electron chi connectivity index (χ0n) is 17.0. The number of aromatic nitrogens is 1. The van der Waals surface area contributed by atoms with Gasteiger partial charge in [0.25, 0.3) is 0 Å². The summed E-state index contributed by atoms with van der Waals surface area (Å²) in [5, 5.41) is 7.82. The van der Waals surface area contributed by atoms with Gasteiger partial charge in [-0.1, -0.05) is 18.2 Å². The van der Waals surface area contributed by atoms with Crippen LogP contribution in [0.1, 0.15) is 18.2 Å². The number of ether oxygens (including phenoxy) is 1. The molecule has 1 aliphatic heterocycles. The number of amides is 4. The van der Waals surface area contributed by atoms with Gasteiger partial charge in [-0.3, -0.25) is 10.1 Å². The first-order valence-corrected chi connectivity index (χ1v) is 10.6. The second-order valence-corrected chi connectivity index (χ2v) is 7.65. The first kappa shape index (κ1) is 21.6. The molecule has 2 N–H and O–H groups in total. The van der Waals surface area contributed by atoms with Crippen LogP contribution < -0.4 is 10.6 Å². The molecule has 160 valence electrons. The summed E-state index contributed by atoms with van der Waals surface area (Å²) in [5.74, 6) is -0.164. The van der Waals surface area contributed by atoms with Crippen LogP contribution in [-0.4, -0.2) is 65.6 Å². The molecule has 0 aliphatic carbocycles. The Bertz CT molecular complexity index is 908. The Hall–Kier alpha value is -3.14. The molecule has 2 aromatic rings. The van der Waals surface area contributed by atoms with Gasteiger partial charge in [0.05, 0.1) is 18.7 Å². The summed E-state index contributed by atoms with van der Waals surface area (Å²) in [4.78, 5) is 44.0. The molecule has 0 spiro atoms. The van der Waals surface area contributed by atoms with Crippen molar-refractivity contribution < 1.29 is 19.1 Å². The van der Waals surface area contributed by atoms with Gasteiger partial charge in [0.1, 0.15) is 0 Å². The summed E-state index contributed by atoms with van der Waals surface area (Å²) in [6.45, 7) is 5.70. The zero-order chi connectivity index (χ0) is 21.5. The second-order valence-electron chi connectivity index (χ2n) is 6.79. The van der Waals surface area contributed by atoms with Crippen molar-refractivity contribution in [2.24, 2.45) is 0 Å². The molecule has 0 atom stereocenters. The minimum absolute atomic E-state index is 0.124. The molecular weight excluding hydrogens is 406 g/mol. The van der Waals surface area contributed by atoms with E-state index in [1.165, 1.54) is 11.3 Å². The lowest BCUT2D eigenvalue weighted by Gasteiger charge is -2.33. The molecule has 3 rings (SSSR count). The number of nitrogens with zero attached hydrogens (tertiary/aromatic N) is 3. The molecule has 1 saturated heterocycles. The van der Waals surface area contributed by atoms with Crippen molar-refractivity contribution in [2.75, 3.05) is 43.4 Å². The molecule has 1 aromatic carbocycles. The Morgan fingerprint density at radius 2 is 1.80 bits per heavy atom. The van der Waals surface area contributed by atoms with Crippen LogP contribution in [0.25, 0.3) is 0 Å². The summed E-state index contributed by atoms with van der Waals surface area (Å²) < 4.78 is 4.98. The first-order chi connectivity index (χ1) is 14.5. The predicted octanol–water partition coefficient (Wildman–Crippen LogP) is 2.94. The van der Waals surface area contributed by atoms with Gasteiger partial charge in [-0.25, -0.2) is 14.6 Å². The zero-order valence-corrected chi connectivity index (χ0v) is 17.8. The third-order valence-corrected chi connectivity index (χ3v) is 5.43. The number of para-hydroxylation sites is 1. The standard InChI is InChI=1S/C20H25N5O4S/c1-3-29-20(28)25-10-8-24(9-11-25)19(27)23-18-21-15(13-30-18)12-17(26)22-16-7-5-4-6-14(16)2/h4-7,13H,3,8-12H2,1-2H3,(H,22,26)(H,21,23,27). The van der Waals surface area contributed by atoms with Crippen molar-refractivity contribution >= 4 is 40.2 Å². The number of hydrogen-bond acceptors (Lipinski definition) is 6. The molecule has 1 fully saturated rings. The molecule has 2 heterocycles. The van der Waals surface area contributed by atoms with Crippen LogP contribution in [0, 0.1) is 6.92 Å². The fraction of sp³-hybridized carbons (Fsp3) is 0.400. The Labute approximate surface area is 179 Å². The van der Waals surface area contributed by atoms with Gasteiger partial charge in [0, 0.05) is 37.2 Å². The van der Waals surface area contributed by atoms with Crippen LogP contribution in [0.3, 0.4) is 0 Å². The van der Waals surface area contributed by atoms with Crippen molar-refractivity contribution in [1.29, 1.82) is 0 Å². The third kappa shape index (κ3) is 5.69. The van der Waals surface area contributed by atoms with Crippen LogP contribution in [0.5, 0.6) is 0 Å². The van der Waals surface area contributed by atoms with Crippen LogP contribution >= 0.6 is 11.3 Å². The number of aryl methyl sites for hydroxylation is 1. The molecule has 30 heavy (non-hydrogen) atoms. The van der Waals surface area contributed by atoms with Crippen LogP contribution in [0.2, 0.25) is 0 Å². The van der Waals surface area contributed by atoms with E-state index in [0.29, 0.717) is 43.6 Å². The molecule has 0 bridgehead atoms.